The predicted molar refractivity (Wildman–Crippen MR) is 432 cm³/mol. The summed E-state index contributed by atoms with van der Waals surface area (Å²) >= 11 is 0. The van der Waals surface area contributed by atoms with E-state index in [1.807, 2.05) is 0 Å². The zero-order valence-electron chi connectivity index (χ0n) is 68.5. The number of rotatable bonds is 83. The highest BCUT2D eigenvalue weighted by Gasteiger charge is 2.30. The molecule has 0 bridgehead atoms. The summed E-state index contributed by atoms with van der Waals surface area (Å²) in [6.45, 7) is 9.66. The van der Waals surface area contributed by atoms with E-state index in [-0.39, 0.29) is 25.7 Å². The van der Waals surface area contributed by atoms with Gasteiger partial charge in [-0.05, 0) is 63.2 Å². The molecule has 0 heterocycles. The van der Waals surface area contributed by atoms with E-state index in [9.17, 15) is 43.2 Å². The van der Waals surface area contributed by atoms with Crippen LogP contribution in [0.2, 0.25) is 0 Å². The van der Waals surface area contributed by atoms with Gasteiger partial charge in [0.15, 0.2) is 12.2 Å². The Morgan fingerprint density at radius 2 is 0.514 bits per heavy atom. The second-order valence-corrected chi connectivity index (χ2v) is 34.1. The molecule has 2 unspecified atom stereocenters. The Kier molecular flexibility index (Phi) is 75.1. The topological polar surface area (TPSA) is 237 Å². The van der Waals surface area contributed by atoms with Crippen molar-refractivity contribution in [2.24, 2.45) is 11.8 Å². The number of allylic oxidation sites excluding steroid dienone is 4. The molecule has 19 heteroatoms. The Morgan fingerprint density at radius 1 is 0.295 bits per heavy atom. The number of esters is 4. The molecule has 5 atom stereocenters. The van der Waals surface area contributed by atoms with Crippen LogP contribution in [-0.4, -0.2) is 96.7 Å². The lowest BCUT2D eigenvalue weighted by atomic mass is 10.0. The number of hydrogen-bond donors (Lipinski definition) is 3. The van der Waals surface area contributed by atoms with Crippen LogP contribution >= 0.6 is 15.6 Å². The summed E-state index contributed by atoms with van der Waals surface area (Å²) in [7, 11) is -9.94. The van der Waals surface area contributed by atoms with Crippen molar-refractivity contribution in [3.63, 3.8) is 0 Å². The maximum Gasteiger partial charge on any atom is 0.472 e. The lowest BCUT2D eigenvalue weighted by Gasteiger charge is -2.21. The van der Waals surface area contributed by atoms with Gasteiger partial charge >= 0.3 is 39.5 Å². The van der Waals surface area contributed by atoms with Crippen LogP contribution in [0.5, 0.6) is 0 Å². The molecule has 105 heavy (non-hydrogen) atoms. The van der Waals surface area contributed by atoms with Crippen molar-refractivity contribution in [1.82, 2.24) is 0 Å². The molecule has 0 rings (SSSR count). The van der Waals surface area contributed by atoms with Crippen molar-refractivity contribution in [2.45, 2.75) is 452 Å². The minimum Gasteiger partial charge on any atom is -0.462 e. The van der Waals surface area contributed by atoms with Crippen molar-refractivity contribution >= 4 is 39.5 Å². The Hall–Kier alpha value is -2.46. The van der Waals surface area contributed by atoms with E-state index >= 15 is 0 Å². The maximum atomic E-state index is 13.1. The summed E-state index contributed by atoms with van der Waals surface area (Å²) in [5.74, 6) is -0.502. The van der Waals surface area contributed by atoms with E-state index in [1.54, 1.807) is 0 Å². The highest BCUT2D eigenvalue weighted by Crippen LogP contribution is 2.45. The number of unbranched alkanes of at least 4 members (excludes halogenated alkanes) is 50. The third kappa shape index (κ3) is 79.4. The van der Waals surface area contributed by atoms with Gasteiger partial charge in [-0.2, -0.15) is 0 Å². The summed E-state index contributed by atoms with van der Waals surface area (Å²) in [4.78, 5) is 73.1. The van der Waals surface area contributed by atoms with E-state index in [1.165, 1.54) is 238 Å². The van der Waals surface area contributed by atoms with E-state index in [4.69, 9.17) is 37.0 Å². The number of aliphatic hydroxyl groups is 1. The second-order valence-electron chi connectivity index (χ2n) is 31.2. The normalized spacial score (nSPS) is 14.0. The molecule has 0 radical (unpaired) electrons. The quantitative estimate of drug-likeness (QED) is 0.0169. The van der Waals surface area contributed by atoms with E-state index in [0.29, 0.717) is 25.7 Å². The summed E-state index contributed by atoms with van der Waals surface area (Å²) in [5.41, 5.74) is 0. The first kappa shape index (κ1) is 103. The van der Waals surface area contributed by atoms with Gasteiger partial charge in [0, 0.05) is 25.7 Å². The molecular weight excluding hydrogens is 1370 g/mol. The molecule has 0 aliphatic rings. The summed E-state index contributed by atoms with van der Waals surface area (Å²) < 4.78 is 68.8. The number of phosphoric ester groups is 2. The van der Waals surface area contributed by atoms with Gasteiger partial charge in [0.05, 0.1) is 26.4 Å². The molecule has 17 nitrogen and oxygen atoms in total. The maximum absolute atomic E-state index is 13.1. The molecule has 0 spiro atoms. The van der Waals surface area contributed by atoms with Crippen LogP contribution < -0.4 is 0 Å². The van der Waals surface area contributed by atoms with Gasteiger partial charge in [-0.15, -0.1) is 0 Å². The zero-order chi connectivity index (χ0) is 77.1. The first-order chi connectivity index (χ1) is 50.9. The van der Waals surface area contributed by atoms with Crippen molar-refractivity contribution in [1.29, 1.82) is 0 Å². The number of ether oxygens (including phenoxy) is 4. The predicted octanol–water partition coefficient (Wildman–Crippen LogP) is 25.8. The number of carbonyl (C=O) groups is 4. The Labute approximate surface area is 643 Å². The first-order valence-electron chi connectivity index (χ1n) is 43.8. The zero-order valence-corrected chi connectivity index (χ0v) is 70.3. The third-order valence-electron chi connectivity index (χ3n) is 19.6. The average molecular weight is 1530 g/mol. The van der Waals surface area contributed by atoms with Crippen LogP contribution in [0.25, 0.3) is 0 Å². The minimum atomic E-state index is -4.97. The molecule has 0 fully saturated rings. The smallest absolute Gasteiger partial charge is 0.462 e. The fourth-order valence-electron chi connectivity index (χ4n) is 12.9. The Morgan fingerprint density at radius 3 is 0.781 bits per heavy atom. The van der Waals surface area contributed by atoms with Crippen LogP contribution in [-0.2, 0) is 65.4 Å². The van der Waals surface area contributed by atoms with Gasteiger partial charge in [-0.3, -0.25) is 37.3 Å². The van der Waals surface area contributed by atoms with Crippen LogP contribution in [0, 0.1) is 11.8 Å². The molecule has 0 aromatic heterocycles. The first-order valence-corrected chi connectivity index (χ1v) is 46.8. The third-order valence-corrected chi connectivity index (χ3v) is 21.5. The van der Waals surface area contributed by atoms with Gasteiger partial charge in [0.1, 0.15) is 19.3 Å². The Bertz CT molecular complexity index is 2110. The van der Waals surface area contributed by atoms with Gasteiger partial charge in [-0.25, -0.2) is 9.13 Å². The lowest BCUT2D eigenvalue weighted by molar-refractivity contribution is -0.161. The number of aliphatic hydroxyl groups excluding tert-OH is 1. The van der Waals surface area contributed by atoms with Crippen molar-refractivity contribution in [2.75, 3.05) is 39.6 Å². The molecule has 0 saturated heterocycles. The van der Waals surface area contributed by atoms with Crippen molar-refractivity contribution in [3.05, 3.63) is 24.3 Å². The van der Waals surface area contributed by atoms with Gasteiger partial charge in [0.2, 0.25) is 0 Å². The van der Waals surface area contributed by atoms with Crippen LogP contribution in [0.4, 0.5) is 0 Å². The SMILES string of the molecule is CCCCCC/C=C\C=C/CCCCCCCC(=O)O[C@H](COC(=O)CCCCCCCCCCCC)COP(=O)(O)OC[C@H](O)COP(=O)(O)OC[C@@H](COC(=O)CCCCCCCCCCCCCCCCCCC(C)C)OC(=O)CCCCCCCCCCCCCCCCCCCCC(C)C. The fraction of sp³-hybridized carbons (Fsp3) is 0.907. The fourth-order valence-corrected chi connectivity index (χ4v) is 14.5. The standard InChI is InChI=1S/C86H164O17P2/c1-7-9-11-13-15-17-19-20-27-35-40-46-52-58-64-70-85(90)102-81(74-96-83(88)68-62-56-50-44-18-16-14-12-10-8-2)76-100-104(92,93)98-72-80(87)73-99-105(94,95)101-77-82(75-97-84(89)69-63-57-51-45-39-34-30-26-25-29-33-38-43-49-55-61-67-79(5)6)103-86(91)71-65-59-53-47-41-36-31-24-22-21-23-28-32-37-42-48-54-60-66-78(3)4/h17,19-20,27,78-82,87H,7-16,18,21-26,28-77H2,1-6H3,(H,92,93)(H,94,95)/b19-17-,27-20-/t80-,81+,82+/m0/s1. The average Bonchev–Trinajstić information content (AvgIpc) is 0.919. The molecule has 0 aromatic carbocycles. The molecule has 0 saturated carbocycles. The van der Waals surface area contributed by atoms with Gasteiger partial charge < -0.3 is 33.8 Å². The van der Waals surface area contributed by atoms with E-state index < -0.39 is 97.5 Å². The minimum absolute atomic E-state index is 0.0854. The van der Waals surface area contributed by atoms with Crippen molar-refractivity contribution < 1.29 is 80.2 Å². The molecular formula is C86H164O17P2. The number of carbonyl (C=O) groups excluding carboxylic acids is 4. The van der Waals surface area contributed by atoms with Crippen LogP contribution in [0.1, 0.15) is 433 Å². The molecule has 0 aliphatic heterocycles. The van der Waals surface area contributed by atoms with E-state index in [2.05, 4.69) is 65.8 Å². The van der Waals surface area contributed by atoms with Crippen LogP contribution in [0.15, 0.2) is 24.3 Å². The lowest BCUT2D eigenvalue weighted by Crippen LogP contribution is -2.30. The molecule has 620 valence electrons. The monoisotopic (exact) mass is 1530 g/mol. The van der Waals surface area contributed by atoms with E-state index in [0.717, 1.165) is 115 Å². The largest absolute Gasteiger partial charge is 0.472 e. The molecule has 3 N–H and O–H groups in total. The Balaban J connectivity index is 5.25. The second kappa shape index (κ2) is 76.9. The number of phosphoric acid groups is 2. The van der Waals surface area contributed by atoms with Crippen LogP contribution in [0.3, 0.4) is 0 Å². The summed E-state index contributed by atoms with van der Waals surface area (Å²) in [6.07, 6.45) is 71.6. The number of hydrogen-bond acceptors (Lipinski definition) is 15. The van der Waals surface area contributed by atoms with Crippen molar-refractivity contribution in [3.8, 4) is 0 Å². The highest BCUT2D eigenvalue weighted by molar-refractivity contribution is 7.47. The summed E-state index contributed by atoms with van der Waals surface area (Å²) in [5, 5.41) is 10.7. The molecule has 0 aromatic rings. The van der Waals surface area contributed by atoms with Gasteiger partial charge in [0.25, 0.3) is 0 Å². The highest BCUT2D eigenvalue weighted by atomic mass is 31.2. The van der Waals surface area contributed by atoms with Gasteiger partial charge in [-0.1, -0.05) is 380 Å². The molecule has 0 aliphatic carbocycles. The molecule has 0 amide bonds. The summed E-state index contributed by atoms with van der Waals surface area (Å²) in [6, 6.07) is 0.